The topological polar surface area (TPSA) is 154 Å². The third kappa shape index (κ3) is 3.35. The number of hydrogen-bond donors (Lipinski definition) is 5. The van der Waals surface area contributed by atoms with E-state index >= 15 is 0 Å². The molecule has 0 radical (unpaired) electrons. The van der Waals surface area contributed by atoms with Gasteiger partial charge in [0.2, 0.25) is 12.1 Å². The highest BCUT2D eigenvalue weighted by Gasteiger charge is 2.51. The minimum absolute atomic E-state index is 0.0648. The van der Waals surface area contributed by atoms with E-state index in [1.165, 1.54) is 18.2 Å². The molecule has 2 aliphatic rings. The van der Waals surface area contributed by atoms with Crippen LogP contribution < -0.4 is 0 Å². The first-order chi connectivity index (χ1) is 14.6. The van der Waals surface area contributed by atoms with E-state index in [9.17, 15) is 35.1 Å². The van der Waals surface area contributed by atoms with Gasteiger partial charge in [0.25, 0.3) is 0 Å². The molecule has 0 saturated carbocycles. The van der Waals surface area contributed by atoms with Gasteiger partial charge in [0.1, 0.15) is 35.9 Å². The van der Waals surface area contributed by atoms with Crippen LogP contribution in [0.2, 0.25) is 0 Å². The zero-order valence-corrected chi connectivity index (χ0v) is 16.7. The van der Waals surface area contributed by atoms with Crippen molar-refractivity contribution in [3.8, 4) is 11.5 Å². The minimum Gasteiger partial charge on any atom is -0.507 e. The summed E-state index contributed by atoms with van der Waals surface area (Å²) in [5.41, 5.74) is 1.11. The van der Waals surface area contributed by atoms with Crippen molar-refractivity contribution in [3.63, 3.8) is 0 Å². The van der Waals surface area contributed by atoms with Crippen molar-refractivity contribution < 1.29 is 44.6 Å². The van der Waals surface area contributed by atoms with Gasteiger partial charge in [-0.25, -0.2) is 0 Å². The number of carbonyl (C=O) groups excluding carboxylic acids is 2. The van der Waals surface area contributed by atoms with Gasteiger partial charge in [-0.05, 0) is 35.7 Å². The number of phenolic OH excluding ortho intramolecular Hbond substituents is 2. The summed E-state index contributed by atoms with van der Waals surface area (Å²) in [4.78, 5) is 24.5. The molecule has 0 bridgehead atoms. The number of rotatable bonds is 2. The van der Waals surface area contributed by atoms with Crippen LogP contribution in [0.1, 0.15) is 45.5 Å². The number of aryl methyl sites for hydroxylation is 1. The van der Waals surface area contributed by atoms with Crippen molar-refractivity contribution in [2.75, 3.05) is 0 Å². The second-order valence-electron chi connectivity index (χ2n) is 7.85. The number of benzene rings is 2. The Bertz CT molecular complexity index is 1060. The van der Waals surface area contributed by atoms with Crippen LogP contribution in [0.15, 0.2) is 30.3 Å². The normalized spacial score (nSPS) is 29.8. The van der Waals surface area contributed by atoms with Gasteiger partial charge < -0.3 is 35.0 Å². The highest BCUT2D eigenvalue weighted by atomic mass is 16.7. The lowest BCUT2D eigenvalue weighted by atomic mass is 9.71. The summed E-state index contributed by atoms with van der Waals surface area (Å²) >= 11 is 0. The zero-order chi connectivity index (χ0) is 22.6. The maximum atomic E-state index is 13.1. The Balaban J connectivity index is 1.92. The van der Waals surface area contributed by atoms with Crippen molar-refractivity contribution in [1.82, 2.24) is 0 Å². The van der Waals surface area contributed by atoms with Gasteiger partial charge in [-0.15, -0.1) is 0 Å². The predicted molar refractivity (Wildman–Crippen MR) is 105 cm³/mol. The molecular formula is C22H22O9. The predicted octanol–water partition coefficient (Wildman–Crippen LogP) is 0.453. The molecule has 164 valence electrons. The maximum Gasteiger partial charge on any atom is 0.305 e. The molecule has 31 heavy (non-hydrogen) atoms. The number of fused-ring (bicyclic) bond motifs is 2. The first kappa shape index (κ1) is 21.3. The van der Waals surface area contributed by atoms with Crippen molar-refractivity contribution in [2.45, 2.75) is 50.5 Å². The largest absolute Gasteiger partial charge is 0.507 e. The van der Waals surface area contributed by atoms with Crippen LogP contribution in [-0.2, 0) is 14.3 Å². The molecule has 0 spiro atoms. The highest BCUT2D eigenvalue weighted by molar-refractivity contribution is 6.16. The van der Waals surface area contributed by atoms with Crippen LogP contribution in [0.5, 0.6) is 11.5 Å². The monoisotopic (exact) mass is 430 g/mol. The Morgan fingerprint density at radius 3 is 2.32 bits per heavy atom. The van der Waals surface area contributed by atoms with Crippen molar-refractivity contribution in [3.05, 3.63) is 58.1 Å². The van der Waals surface area contributed by atoms with E-state index in [1.54, 1.807) is 19.1 Å². The summed E-state index contributed by atoms with van der Waals surface area (Å²) in [5, 5.41) is 52.2. The number of carbonyl (C=O) groups is 2. The molecule has 4 rings (SSSR count). The van der Waals surface area contributed by atoms with E-state index in [0.717, 1.165) is 6.92 Å². The standard InChI is InChI=1S/C22H22O9/c1-8-6-11-14(21-19(28)18(27)20(29)22(31-21)30-9(2)23)10-4-3-5-12(24)15(10)17(26)16(11)13(25)7-8/h3-7,14,18-22,24-25,27-29H,1-2H3/t14-,18-,19-,20+,21-,22+/m1/s1. The summed E-state index contributed by atoms with van der Waals surface area (Å²) in [7, 11) is 0. The molecular weight excluding hydrogens is 408 g/mol. The van der Waals surface area contributed by atoms with E-state index in [2.05, 4.69) is 0 Å². The number of hydrogen-bond acceptors (Lipinski definition) is 9. The number of aromatic hydroxyl groups is 2. The van der Waals surface area contributed by atoms with E-state index in [-0.39, 0.29) is 22.6 Å². The van der Waals surface area contributed by atoms with Gasteiger partial charge in [-0.3, -0.25) is 9.59 Å². The Morgan fingerprint density at radius 2 is 1.65 bits per heavy atom. The van der Waals surface area contributed by atoms with E-state index in [4.69, 9.17) is 9.47 Å². The summed E-state index contributed by atoms with van der Waals surface area (Å²) in [6.07, 6.45) is -7.90. The van der Waals surface area contributed by atoms with E-state index in [1.807, 2.05) is 0 Å². The molecule has 6 atom stereocenters. The van der Waals surface area contributed by atoms with Crippen molar-refractivity contribution in [1.29, 1.82) is 0 Å². The molecule has 1 aliphatic heterocycles. The number of aliphatic hydroxyl groups excluding tert-OH is 3. The van der Waals surface area contributed by atoms with Crippen LogP contribution in [0.25, 0.3) is 0 Å². The molecule has 1 fully saturated rings. The summed E-state index contributed by atoms with van der Waals surface area (Å²) in [5.74, 6) is -2.92. The number of phenols is 2. The fourth-order valence-corrected chi connectivity index (χ4v) is 4.41. The number of ether oxygens (including phenoxy) is 2. The summed E-state index contributed by atoms with van der Waals surface area (Å²) < 4.78 is 10.7. The van der Waals surface area contributed by atoms with Crippen LogP contribution in [0.4, 0.5) is 0 Å². The smallest absolute Gasteiger partial charge is 0.305 e. The van der Waals surface area contributed by atoms with Gasteiger partial charge in [-0.2, -0.15) is 0 Å². The highest BCUT2D eigenvalue weighted by Crippen LogP contribution is 2.47. The third-order valence-electron chi connectivity index (χ3n) is 5.71. The second-order valence-corrected chi connectivity index (χ2v) is 7.85. The lowest BCUT2D eigenvalue weighted by molar-refractivity contribution is -0.289. The fourth-order valence-electron chi connectivity index (χ4n) is 4.41. The van der Waals surface area contributed by atoms with E-state index < -0.39 is 48.4 Å². The molecule has 1 aliphatic carbocycles. The van der Waals surface area contributed by atoms with Crippen LogP contribution in [0, 0.1) is 6.92 Å². The van der Waals surface area contributed by atoms with Gasteiger partial charge in [0, 0.05) is 12.8 Å². The Morgan fingerprint density at radius 1 is 0.968 bits per heavy atom. The maximum absolute atomic E-state index is 13.1. The Labute approximate surface area is 177 Å². The number of ketones is 1. The molecule has 1 saturated heterocycles. The van der Waals surface area contributed by atoms with Gasteiger partial charge >= 0.3 is 5.97 Å². The van der Waals surface area contributed by atoms with Gasteiger partial charge in [-0.1, -0.05) is 18.2 Å². The quantitative estimate of drug-likeness (QED) is 0.427. The van der Waals surface area contributed by atoms with Gasteiger partial charge in [0.15, 0.2) is 0 Å². The zero-order valence-electron chi connectivity index (χ0n) is 16.7. The Hall–Kier alpha value is -2.98. The molecule has 0 amide bonds. The summed E-state index contributed by atoms with van der Waals surface area (Å²) in [6, 6.07) is 7.44. The molecule has 2 aromatic carbocycles. The Kier molecular flexibility index (Phi) is 5.22. The van der Waals surface area contributed by atoms with Crippen molar-refractivity contribution >= 4 is 11.8 Å². The average molecular weight is 430 g/mol. The van der Waals surface area contributed by atoms with Crippen molar-refractivity contribution in [2.24, 2.45) is 0 Å². The van der Waals surface area contributed by atoms with Gasteiger partial charge in [0.05, 0.1) is 11.1 Å². The molecule has 0 aromatic heterocycles. The molecule has 5 N–H and O–H groups in total. The molecule has 2 aromatic rings. The molecule has 9 heteroatoms. The molecule has 1 heterocycles. The van der Waals surface area contributed by atoms with Crippen LogP contribution in [-0.4, -0.2) is 68.0 Å². The van der Waals surface area contributed by atoms with E-state index in [0.29, 0.717) is 16.7 Å². The number of esters is 1. The minimum atomic E-state index is -1.72. The molecule has 0 unspecified atom stereocenters. The summed E-state index contributed by atoms with van der Waals surface area (Å²) in [6.45, 7) is 2.81. The van der Waals surface area contributed by atoms with Crippen LogP contribution >= 0.6 is 0 Å². The second kappa shape index (κ2) is 7.61. The molecule has 9 nitrogen and oxygen atoms in total. The fraction of sp³-hybridized carbons (Fsp3) is 0.364. The first-order valence-electron chi connectivity index (χ1n) is 9.68. The SMILES string of the molecule is CC(=O)O[C@H]1O[C@H]([C@@H]2c3cccc(O)c3C(=O)c3c(O)cc(C)cc32)[C@H](O)[C@@H](O)[C@@H]1O. The first-order valence-corrected chi connectivity index (χ1v) is 9.68. The third-order valence-corrected chi connectivity index (χ3v) is 5.71. The average Bonchev–Trinajstić information content (AvgIpc) is 2.68. The lowest BCUT2D eigenvalue weighted by Gasteiger charge is -2.44. The van der Waals surface area contributed by atoms with Crippen LogP contribution in [0.3, 0.4) is 0 Å². The lowest BCUT2D eigenvalue weighted by Crippen LogP contribution is -2.60. The number of aliphatic hydroxyl groups is 3.